The number of anilines is 1. The van der Waals surface area contributed by atoms with E-state index in [4.69, 9.17) is 4.74 Å². The number of rotatable bonds is 7. The number of hydrogen-bond donors (Lipinski definition) is 2. The highest BCUT2D eigenvalue weighted by atomic mass is 32.1. The van der Waals surface area contributed by atoms with Crippen molar-refractivity contribution < 1.29 is 19.1 Å². The average molecular weight is 488 g/mol. The largest absolute Gasteiger partial charge is 0.449 e. The molecule has 0 aliphatic carbocycles. The Bertz CT molecular complexity index is 1380. The molecule has 0 saturated carbocycles. The summed E-state index contributed by atoms with van der Waals surface area (Å²) in [4.78, 5) is 43.5. The lowest BCUT2D eigenvalue weighted by Gasteiger charge is -2.15. The molecule has 1 unspecified atom stereocenters. The van der Waals surface area contributed by atoms with Gasteiger partial charge in [0.05, 0.1) is 28.2 Å². The fraction of sp³-hybridized carbons (Fsp3) is 0.185. The number of benzene rings is 2. The van der Waals surface area contributed by atoms with E-state index in [2.05, 4.69) is 15.6 Å². The fourth-order valence-corrected chi connectivity index (χ4v) is 4.36. The van der Waals surface area contributed by atoms with Crippen molar-refractivity contribution in [1.82, 2.24) is 10.3 Å². The molecule has 178 valence electrons. The van der Waals surface area contributed by atoms with Gasteiger partial charge in [-0.25, -0.2) is 9.78 Å². The van der Waals surface area contributed by atoms with Crippen LogP contribution in [0.3, 0.4) is 0 Å². The van der Waals surface area contributed by atoms with Gasteiger partial charge in [0, 0.05) is 11.1 Å². The maximum atomic E-state index is 13.0. The van der Waals surface area contributed by atoms with Crippen LogP contribution in [0.25, 0.3) is 21.5 Å². The molecule has 2 amide bonds. The van der Waals surface area contributed by atoms with E-state index in [1.807, 2.05) is 67.8 Å². The summed E-state index contributed by atoms with van der Waals surface area (Å²) in [6, 6.07) is 18.5. The van der Waals surface area contributed by atoms with Gasteiger partial charge in [-0.05, 0) is 55.5 Å². The Morgan fingerprint density at radius 3 is 2.46 bits per heavy atom. The summed E-state index contributed by atoms with van der Waals surface area (Å²) in [5.74, 6) is -1.56. The summed E-state index contributed by atoms with van der Waals surface area (Å²) in [5, 5.41) is 7.92. The van der Waals surface area contributed by atoms with Crippen LogP contribution in [0.1, 0.15) is 28.4 Å². The lowest BCUT2D eigenvalue weighted by molar-refractivity contribution is -0.130. The van der Waals surface area contributed by atoms with Crippen molar-refractivity contribution >= 4 is 45.7 Å². The molecule has 0 saturated heterocycles. The number of nitrogens with one attached hydrogen (secondary N) is 2. The van der Waals surface area contributed by atoms with E-state index >= 15 is 0 Å². The van der Waals surface area contributed by atoms with Crippen molar-refractivity contribution in [2.75, 3.05) is 11.9 Å². The van der Waals surface area contributed by atoms with Crippen molar-refractivity contribution in [1.29, 1.82) is 0 Å². The fourth-order valence-electron chi connectivity index (χ4n) is 3.68. The molecule has 0 aliphatic heterocycles. The van der Waals surface area contributed by atoms with E-state index in [1.54, 1.807) is 12.1 Å². The first-order chi connectivity index (χ1) is 16.8. The van der Waals surface area contributed by atoms with Crippen LogP contribution in [0.2, 0.25) is 0 Å². The van der Waals surface area contributed by atoms with Crippen LogP contribution in [0.15, 0.2) is 66.0 Å². The van der Waals surface area contributed by atoms with E-state index < -0.39 is 18.0 Å². The van der Waals surface area contributed by atoms with Crippen LogP contribution in [-0.2, 0) is 14.3 Å². The van der Waals surface area contributed by atoms with Gasteiger partial charge >= 0.3 is 5.97 Å². The third-order valence-corrected chi connectivity index (χ3v) is 6.42. The van der Waals surface area contributed by atoms with Gasteiger partial charge in [0.25, 0.3) is 5.91 Å². The first-order valence-electron chi connectivity index (χ1n) is 11.1. The van der Waals surface area contributed by atoms with Crippen molar-refractivity contribution in [2.24, 2.45) is 0 Å². The molecule has 7 nitrogen and oxygen atoms in total. The number of hydrogen-bond acceptors (Lipinski definition) is 6. The molecule has 8 heteroatoms. The Labute approximate surface area is 207 Å². The van der Waals surface area contributed by atoms with Crippen LogP contribution in [-0.4, -0.2) is 35.4 Å². The Hall–Kier alpha value is -4.04. The van der Waals surface area contributed by atoms with Crippen molar-refractivity contribution in [3.8, 4) is 10.6 Å². The van der Waals surface area contributed by atoms with Gasteiger partial charge in [-0.2, -0.15) is 0 Å². The van der Waals surface area contributed by atoms with Crippen LogP contribution in [0.5, 0.6) is 0 Å². The maximum absolute atomic E-state index is 13.0. The van der Waals surface area contributed by atoms with E-state index in [1.165, 1.54) is 18.3 Å². The van der Waals surface area contributed by atoms with E-state index in [0.717, 1.165) is 21.7 Å². The minimum absolute atomic E-state index is 0.241. The SMILES string of the molecule is Cc1cccc(C)c1NC(=O)CNC(=O)C(C)OC(=O)c1cc(-c2cccs2)nc2ccccc12. The molecule has 35 heavy (non-hydrogen) atoms. The number of carbonyl (C=O) groups excluding carboxylic acids is 3. The average Bonchev–Trinajstić information content (AvgIpc) is 3.39. The molecule has 0 radical (unpaired) electrons. The molecule has 0 fully saturated rings. The summed E-state index contributed by atoms with van der Waals surface area (Å²) in [6.45, 7) is 5.03. The molecule has 2 heterocycles. The molecule has 4 rings (SSSR count). The highest BCUT2D eigenvalue weighted by Crippen LogP contribution is 2.28. The molecule has 0 aliphatic rings. The number of carbonyl (C=O) groups is 3. The Balaban J connectivity index is 1.42. The Kier molecular flexibility index (Phi) is 7.22. The van der Waals surface area contributed by atoms with Crippen LogP contribution >= 0.6 is 11.3 Å². The monoisotopic (exact) mass is 487 g/mol. The molecule has 0 spiro atoms. The number of nitrogens with zero attached hydrogens (tertiary/aromatic N) is 1. The predicted octanol–water partition coefficient (Wildman–Crippen LogP) is 4.88. The van der Waals surface area contributed by atoms with Gasteiger partial charge in [-0.3, -0.25) is 9.59 Å². The zero-order valence-corrected chi connectivity index (χ0v) is 20.4. The number of para-hydroxylation sites is 2. The third-order valence-electron chi connectivity index (χ3n) is 5.53. The summed E-state index contributed by atoms with van der Waals surface area (Å²) in [7, 11) is 0. The number of aromatic nitrogens is 1. The minimum atomic E-state index is -1.09. The second kappa shape index (κ2) is 10.5. The Morgan fingerprint density at radius 1 is 1.00 bits per heavy atom. The second-order valence-corrected chi connectivity index (χ2v) is 9.08. The first kappa shape index (κ1) is 24.1. The number of amides is 2. The quantitative estimate of drug-likeness (QED) is 0.362. The van der Waals surface area contributed by atoms with Gasteiger partial charge < -0.3 is 15.4 Å². The molecule has 2 N–H and O–H groups in total. The smallest absolute Gasteiger partial charge is 0.339 e. The minimum Gasteiger partial charge on any atom is -0.449 e. The number of esters is 1. The highest BCUT2D eigenvalue weighted by Gasteiger charge is 2.22. The number of ether oxygens (including phenoxy) is 1. The zero-order valence-electron chi connectivity index (χ0n) is 19.6. The molecular weight excluding hydrogens is 462 g/mol. The normalized spacial score (nSPS) is 11.6. The van der Waals surface area contributed by atoms with Gasteiger partial charge in [-0.15, -0.1) is 11.3 Å². The molecular formula is C27H25N3O4S. The zero-order chi connectivity index (χ0) is 24.9. The van der Waals surface area contributed by atoms with Crippen LogP contribution in [0.4, 0.5) is 5.69 Å². The number of fused-ring (bicyclic) bond motifs is 1. The van der Waals surface area contributed by atoms with E-state index in [-0.39, 0.29) is 12.5 Å². The van der Waals surface area contributed by atoms with Crippen LogP contribution < -0.4 is 10.6 Å². The standard InChI is InChI=1S/C27H25N3O4S/c1-16-8-6-9-17(2)25(16)30-24(31)15-28-26(32)18(3)34-27(33)20-14-22(23-12-7-13-35-23)29-21-11-5-4-10-19(20)21/h4-14,18H,15H2,1-3H3,(H,28,32)(H,30,31). The lowest BCUT2D eigenvalue weighted by Crippen LogP contribution is -2.40. The molecule has 0 bridgehead atoms. The maximum Gasteiger partial charge on any atom is 0.339 e. The topological polar surface area (TPSA) is 97.4 Å². The summed E-state index contributed by atoms with van der Waals surface area (Å²) in [6.07, 6.45) is -1.09. The summed E-state index contributed by atoms with van der Waals surface area (Å²) in [5.41, 5.74) is 4.22. The second-order valence-electron chi connectivity index (χ2n) is 8.13. The van der Waals surface area contributed by atoms with Gasteiger partial charge in [0.15, 0.2) is 6.10 Å². The van der Waals surface area contributed by atoms with Crippen molar-refractivity contribution in [3.63, 3.8) is 0 Å². The third kappa shape index (κ3) is 5.55. The van der Waals surface area contributed by atoms with Crippen LogP contribution in [0, 0.1) is 13.8 Å². The van der Waals surface area contributed by atoms with E-state index in [9.17, 15) is 14.4 Å². The number of aryl methyl sites for hydroxylation is 2. The van der Waals surface area contributed by atoms with Crippen molar-refractivity contribution in [3.05, 3.63) is 82.7 Å². The van der Waals surface area contributed by atoms with Gasteiger partial charge in [0.1, 0.15) is 0 Å². The predicted molar refractivity (Wildman–Crippen MR) is 137 cm³/mol. The molecule has 2 aromatic carbocycles. The molecule has 2 aromatic heterocycles. The first-order valence-corrected chi connectivity index (χ1v) is 12.0. The molecule has 1 atom stereocenters. The van der Waals surface area contributed by atoms with Gasteiger partial charge in [-0.1, -0.05) is 42.5 Å². The van der Waals surface area contributed by atoms with Gasteiger partial charge in [0.2, 0.25) is 5.91 Å². The van der Waals surface area contributed by atoms with Crippen molar-refractivity contribution in [2.45, 2.75) is 26.9 Å². The molecule has 4 aromatic rings. The Morgan fingerprint density at radius 2 is 1.74 bits per heavy atom. The summed E-state index contributed by atoms with van der Waals surface area (Å²) >= 11 is 1.52. The number of pyridine rings is 1. The summed E-state index contributed by atoms with van der Waals surface area (Å²) < 4.78 is 5.46. The highest BCUT2D eigenvalue weighted by molar-refractivity contribution is 7.13. The lowest BCUT2D eigenvalue weighted by atomic mass is 10.1. The van der Waals surface area contributed by atoms with E-state index in [0.29, 0.717) is 22.2 Å². The number of thiophene rings is 1.